The van der Waals surface area contributed by atoms with Gasteiger partial charge in [-0.3, -0.25) is 24.6 Å². The van der Waals surface area contributed by atoms with Crippen LogP contribution >= 0.6 is 11.6 Å². The molecule has 1 aliphatic heterocycles. The lowest BCUT2D eigenvalue weighted by Crippen LogP contribution is -2.29. The van der Waals surface area contributed by atoms with Gasteiger partial charge >= 0.3 is 5.91 Å². The fourth-order valence-electron chi connectivity index (χ4n) is 3.66. The smallest absolute Gasteiger partial charge is 0.301 e. The molecule has 3 aromatic rings. The van der Waals surface area contributed by atoms with Crippen LogP contribution in [0.1, 0.15) is 43.7 Å². The highest BCUT2D eigenvalue weighted by Gasteiger charge is 2.48. The third kappa shape index (κ3) is 4.06. The number of Topliss-reactive ketones (excluding diaryl/α,β-unsaturated/α-hetero) is 1. The number of aromatic nitrogens is 1. The standard InChI is InChI=1S/C24H20ClN3O6/c1-24(2,3)17-12-18(26-34-17)27-20(13-6-10-16(11-7-13)28(32)33)19(22(30)23(27)31)21(29)14-4-8-15(25)9-5-14/h4-12,20,29H,1-3H3. The highest BCUT2D eigenvalue weighted by molar-refractivity contribution is 6.51. The van der Waals surface area contributed by atoms with Crippen molar-refractivity contribution in [1.82, 2.24) is 5.16 Å². The average molecular weight is 482 g/mol. The van der Waals surface area contributed by atoms with Gasteiger partial charge in [0.1, 0.15) is 11.5 Å². The molecule has 1 amide bonds. The monoisotopic (exact) mass is 481 g/mol. The molecule has 1 aromatic heterocycles. The Kier molecular flexibility index (Phi) is 5.74. The number of nitrogens with zero attached hydrogens (tertiary/aromatic N) is 3. The van der Waals surface area contributed by atoms with Gasteiger partial charge in [-0.25, -0.2) is 0 Å². The molecule has 34 heavy (non-hydrogen) atoms. The molecule has 0 bridgehead atoms. The van der Waals surface area contributed by atoms with Gasteiger partial charge in [0.15, 0.2) is 5.82 Å². The SMILES string of the molecule is CC(C)(C)c1cc(N2C(=O)C(=O)C(=C(O)c3ccc(Cl)cc3)C2c2ccc([N+](=O)[O-])cc2)no1. The maximum absolute atomic E-state index is 13.1. The Bertz CT molecular complexity index is 1320. The normalized spacial score (nSPS) is 17.9. The second-order valence-corrected chi connectivity index (χ2v) is 9.26. The third-order valence-electron chi connectivity index (χ3n) is 5.47. The van der Waals surface area contributed by atoms with Crippen molar-refractivity contribution in [3.63, 3.8) is 0 Å². The second-order valence-electron chi connectivity index (χ2n) is 8.82. The van der Waals surface area contributed by atoms with Crippen molar-refractivity contribution in [3.8, 4) is 0 Å². The number of nitro benzene ring substituents is 1. The van der Waals surface area contributed by atoms with E-state index in [0.29, 0.717) is 16.3 Å². The van der Waals surface area contributed by atoms with Crippen LogP contribution in [-0.4, -0.2) is 26.9 Å². The number of carbonyl (C=O) groups excluding carboxylic acids is 2. The van der Waals surface area contributed by atoms with Gasteiger partial charge in [-0.1, -0.05) is 37.5 Å². The van der Waals surface area contributed by atoms with E-state index in [0.717, 1.165) is 4.90 Å². The Morgan fingerprint density at radius 2 is 1.74 bits per heavy atom. The fourth-order valence-corrected chi connectivity index (χ4v) is 3.78. The van der Waals surface area contributed by atoms with Crippen molar-refractivity contribution in [2.24, 2.45) is 0 Å². The Hall–Kier alpha value is -3.98. The summed E-state index contributed by atoms with van der Waals surface area (Å²) in [6.45, 7) is 5.71. The predicted octanol–water partition coefficient (Wildman–Crippen LogP) is 5.16. The van der Waals surface area contributed by atoms with Crippen molar-refractivity contribution in [3.05, 3.63) is 92.2 Å². The number of hydrogen-bond donors (Lipinski definition) is 1. The molecule has 174 valence electrons. The Balaban J connectivity index is 1.91. The summed E-state index contributed by atoms with van der Waals surface area (Å²) >= 11 is 5.93. The van der Waals surface area contributed by atoms with Crippen LogP contribution in [-0.2, 0) is 15.0 Å². The quantitative estimate of drug-likeness (QED) is 0.179. The number of nitro groups is 1. The van der Waals surface area contributed by atoms with Crippen LogP contribution in [0.3, 0.4) is 0 Å². The van der Waals surface area contributed by atoms with Crippen molar-refractivity contribution in [2.45, 2.75) is 32.2 Å². The van der Waals surface area contributed by atoms with Crippen molar-refractivity contribution < 1.29 is 24.1 Å². The van der Waals surface area contributed by atoms with Gasteiger partial charge in [-0.05, 0) is 42.0 Å². The van der Waals surface area contributed by atoms with Gasteiger partial charge in [-0.15, -0.1) is 0 Å². The minimum Gasteiger partial charge on any atom is -0.507 e. The molecule has 0 aliphatic carbocycles. The van der Waals surface area contributed by atoms with Crippen LogP contribution in [0.4, 0.5) is 11.5 Å². The molecule has 0 radical (unpaired) electrons. The number of anilines is 1. The number of carbonyl (C=O) groups is 2. The number of hydrogen-bond acceptors (Lipinski definition) is 7. The summed E-state index contributed by atoms with van der Waals surface area (Å²) in [5, 5.41) is 26.6. The van der Waals surface area contributed by atoms with Crippen LogP contribution in [0.5, 0.6) is 0 Å². The first-order chi connectivity index (χ1) is 16.0. The van der Waals surface area contributed by atoms with Gasteiger partial charge in [-0.2, -0.15) is 0 Å². The molecule has 10 heteroatoms. The van der Waals surface area contributed by atoms with Crippen molar-refractivity contribution in [2.75, 3.05) is 4.90 Å². The van der Waals surface area contributed by atoms with E-state index in [4.69, 9.17) is 16.1 Å². The maximum atomic E-state index is 13.1. The summed E-state index contributed by atoms with van der Waals surface area (Å²) in [5.74, 6) is -1.65. The molecule has 9 nitrogen and oxygen atoms in total. The molecular weight excluding hydrogens is 462 g/mol. The van der Waals surface area contributed by atoms with Crippen molar-refractivity contribution >= 4 is 40.6 Å². The molecule has 0 saturated carbocycles. The van der Waals surface area contributed by atoms with E-state index in [1.165, 1.54) is 36.4 Å². The highest BCUT2D eigenvalue weighted by atomic mass is 35.5. The first-order valence-corrected chi connectivity index (χ1v) is 10.7. The van der Waals surface area contributed by atoms with E-state index in [-0.39, 0.29) is 22.6 Å². The van der Waals surface area contributed by atoms with E-state index < -0.39 is 33.8 Å². The minimum atomic E-state index is -1.09. The second kappa shape index (κ2) is 8.42. The number of halogens is 1. The van der Waals surface area contributed by atoms with E-state index >= 15 is 0 Å². The predicted molar refractivity (Wildman–Crippen MR) is 125 cm³/mol. The largest absolute Gasteiger partial charge is 0.507 e. The molecule has 1 atom stereocenters. The van der Waals surface area contributed by atoms with Crippen molar-refractivity contribution in [1.29, 1.82) is 0 Å². The number of ketones is 1. The zero-order chi connectivity index (χ0) is 24.8. The molecule has 2 aromatic carbocycles. The lowest BCUT2D eigenvalue weighted by atomic mass is 9.93. The molecule has 1 unspecified atom stereocenters. The summed E-state index contributed by atoms with van der Waals surface area (Å²) in [6, 6.07) is 12.0. The lowest BCUT2D eigenvalue weighted by Gasteiger charge is -2.22. The van der Waals surface area contributed by atoms with Gasteiger partial charge in [0.05, 0.1) is 16.5 Å². The van der Waals surface area contributed by atoms with Gasteiger partial charge < -0.3 is 9.63 Å². The van der Waals surface area contributed by atoms with Crippen LogP contribution in [0.25, 0.3) is 5.76 Å². The van der Waals surface area contributed by atoms with Crippen LogP contribution < -0.4 is 4.90 Å². The van der Waals surface area contributed by atoms with E-state index in [9.17, 15) is 24.8 Å². The number of aliphatic hydroxyl groups excluding tert-OH is 1. The van der Waals surface area contributed by atoms with E-state index in [1.54, 1.807) is 18.2 Å². The van der Waals surface area contributed by atoms with Gasteiger partial charge in [0.25, 0.3) is 11.5 Å². The van der Waals surface area contributed by atoms with E-state index in [1.807, 2.05) is 20.8 Å². The molecule has 2 heterocycles. The average Bonchev–Trinajstić information content (AvgIpc) is 3.37. The first-order valence-electron chi connectivity index (χ1n) is 10.3. The number of rotatable bonds is 4. The van der Waals surface area contributed by atoms with Crippen LogP contribution in [0.2, 0.25) is 5.02 Å². The molecule has 4 rings (SSSR count). The highest BCUT2D eigenvalue weighted by Crippen LogP contribution is 2.43. The van der Waals surface area contributed by atoms with Crippen LogP contribution in [0.15, 0.2) is 64.7 Å². The van der Waals surface area contributed by atoms with Gasteiger partial charge in [0, 0.05) is 34.2 Å². The zero-order valence-corrected chi connectivity index (χ0v) is 19.2. The number of aliphatic hydroxyl groups is 1. The lowest BCUT2D eigenvalue weighted by molar-refractivity contribution is -0.384. The molecular formula is C24H20ClN3O6. The Labute approximate surface area is 199 Å². The summed E-state index contributed by atoms with van der Waals surface area (Å²) in [4.78, 5) is 38.0. The maximum Gasteiger partial charge on any atom is 0.301 e. The fraction of sp³-hybridized carbons (Fsp3) is 0.208. The number of benzene rings is 2. The third-order valence-corrected chi connectivity index (χ3v) is 5.72. The molecule has 1 N–H and O–H groups in total. The van der Waals surface area contributed by atoms with E-state index in [2.05, 4.69) is 5.16 Å². The first kappa shape index (κ1) is 23.2. The number of non-ortho nitro benzene ring substituents is 1. The number of amides is 1. The summed E-state index contributed by atoms with van der Waals surface area (Å²) < 4.78 is 5.42. The molecule has 1 fully saturated rings. The molecule has 1 aliphatic rings. The summed E-state index contributed by atoms with van der Waals surface area (Å²) in [5.41, 5.74) is -0.0906. The van der Waals surface area contributed by atoms with Gasteiger partial charge in [0.2, 0.25) is 0 Å². The Morgan fingerprint density at radius 3 is 2.26 bits per heavy atom. The summed E-state index contributed by atoms with van der Waals surface area (Å²) in [6.07, 6.45) is 0. The Morgan fingerprint density at radius 1 is 1.12 bits per heavy atom. The minimum absolute atomic E-state index is 0.0885. The summed E-state index contributed by atoms with van der Waals surface area (Å²) in [7, 11) is 0. The topological polar surface area (TPSA) is 127 Å². The zero-order valence-electron chi connectivity index (χ0n) is 18.5. The van der Waals surface area contributed by atoms with Crippen LogP contribution in [0, 0.1) is 10.1 Å². The molecule has 1 saturated heterocycles. The molecule has 0 spiro atoms.